The van der Waals surface area contributed by atoms with Gasteiger partial charge in [-0.25, -0.2) is 9.79 Å². The summed E-state index contributed by atoms with van der Waals surface area (Å²) in [6, 6.07) is 21.9. The standard InChI is InChI=1S/C31H27N3O6S/c1-3-16-39-25-14-12-23(13-15-25)28-27(30(36)40-19-21-8-5-4-6-9-21)20(2)32-31-33(28)29(35)26(41-31)18-22-10-7-11-24(17-22)34(37)38/h4-15,17-18,28H,3,16,19H2,1-2H3/b26-18-. The highest BCUT2D eigenvalue weighted by atomic mass is 32.1. The number of thiazole rings is 1. The van der Waals surface area contributed by atoms with E-state index in [9.17, 15) is 19.7 Å². The number of hydrogen-bond donors (Lipinski definition) is 0. The summed E-state index contributed by atoms with van der Waals surface area (Å²) in [7, 11) is 0. The highest BCUT2D eigenvalue weighted by molar-refractivity contribution is 7.07. The molecule has 2 heterocycles. The average Bonchev–Trinajstić information content (AvgIpc) is 3.28. The maximum absolute atomic E-state index is 13.8. The molecule has 0 radical (unpaired) electrons. The van der Waals surface area contributed by atoms with Gasteiger partial charge in [-0.2, -0.15) is 0 Å². The first kappa shape index (κ1) is 27.7. The predicted molar refractivity (Wildman–Crippen MR) is 155 cm³/mol. The number of nitrogens with zero attached hydrogens (tertiary/aromatic N) is 3. The van der Waals surface area contributed by atoms with Crippen LogP contribution in [0.3, 0.4) is 0 Å². The molecule has 0 saturated heterocycles. The lowest BCUT2D eigenvalue weighted by Gasteiger charge is -2.25. The summed E-state index contributed by atoms with van der Waals surface area (Å²) in [6.07, 6.45) is 2.46. The lowest BCUT2D eigenvalue weighted by Crippen LogP contribution is -2.39. The van der Waals surface area contributed by atoms with Crippen molar-refractivity contribution in [2.24, 2.45) is 4.99 Å². The van der Waals surface area contributed by atoms with Crippen molar-refractivity contribution in [2.75, 3.05) is 6.61 Å². The van der Waals surface area contributed by atoms with Gasteiger partial charge in [-0.1, -0.05) is 72.9 Å². The molecule has 1 aromatic heterocycles. The first-order valence-electron chi connectivity index (χ1n) is 13.1. The Bertz CT molecular complexity index is 1810. The quantitative estimate of drug-likeness (QED) is 0.164. The molecule has 208 valence electrons. The largest absolute Gasteiger partial charge is 0.494 e. The molecular formula is C31H27N3O6S. The molecule has 1 aliphatic heterocycles. The Balaban J connectivity index is 1.59. The van der Waals surface area contributed by atoms with E-state index < -0.39 is 16.9 Å². The smallest absolute Gasteiger partial charge is 0.338 e. The predicted octanol–water partition coefficient (Wildman–Crippen LogP) is 4.68. The van der Waals surface area contributed by atoms with Gasteiger partial charge in [0.15, 0.2) is 4.80 Å². The van der Waals surface area contributed by atoms with Crippen molar-refractivity contribution < 1.29 is 19.2 Å². The van der Waals surface area contributed by atoms with Crippen molar-refractivity contribution in [1.29, 1.82) is 0 Å². The van der Waals surface area contributed by atoms with Crippen molar-refractivity contribution in [2.45, 2.75) is 32.9 Å². The number of fused-ring (bicyclic) bond motifs is 1. The lowest BCUT2D eigenvalue weighted by molar-refractivity contribution is -0.384. The van der Waals surface area contributed by atoms with E-state index in [-0.39, 0.29) is 23.4 Å². The summed E-state index contributed by atoms with van der Waals surface area (Å²) < 4.78 is 13.2. The fourth-order valence-corrected chi connectivity index (χ4v) is 5.59. The van der Waals surface area contributed by atoms with Crippen LogP contribution in [0.5, 0.6) is 5.75 Å². The van der Waals surface area contributed by atoms with Gasteiger partial charge in [0.05, 0.1) is 33.4 Å². The maximum atomic E-state index is 13.8. The Labute approximate surface area is 239 Å². The van der Waals surface area contributed by atoms with Gasteiger partial charge in [-0.05, 0) is 48.2 Å². The van der Waals surface area contributed by atoms with E-state index >= 15 is 0 Å². The van der Waals surface area contributed by atoms with Gasteiger partial charge in [0.2, 0.25) is 0 Å². The average molecular weight is 570 g/mol. The van der Waals surface area contributed by atoms with E-state index in [0.717, 1.165) is 23.3 Å². The van der Waals surface area contributed by atoms with E-state index in [1.165, 1.54) is 16.7 Å². The van der Waals surface area contributed by atoms with Crippen molar-refractivity contribution in [3.8, 4) is 5.75 Å². The third-order valence-electron chi connectivity index (χ3n) is 6.50. The molecule has 10 heteroatoms. The van der Waals surface area contributed by atoms with Gasteiger partial charge in [-0.15, -0.1) is 0 Å². The van der Waals surface area contributed by atoms with Gasteiger partial charge in [-0.3, -0.25) is 19.5 Å². The summed E-state index contributed by atoms with van der Waals surface area (Å²) in [4.78, 5) is 43.2. The van der Waals surface area contributed by atoms with Gasteiger partial charge in [0, 0.05) is 12.1 Å². The molecule has 0 aliphatic carbocycles. The number of hydrogen-bond acceptors (Lipinski definition) is 8. The zero-order chi connectivity index (χ0) is 28.9. The number of non-ortho nitro benzene ring substituents is 1. The molecule has 41 heavy (non-hydrogen) atoms. The van der Waals surface area contributed by atoms with Crippen LogP contribution in [0, 0.1) is 10.1 Å². The normalized spacial score (nSPS) is 14.8. The summed E-state index contributed by atoms with van der Waals surface area (Å²) in [5.74, 6) is 0.113. The topological polar surface area (TPSA) is 113 Å². The molecule has 0 N–H and O–H groups in total. The van der Waals surface area contributed by atoms with Gasteiger partial charge in [0.1, 0.15) is 12.4 Å². The number of allylic oxidation sites excluding steroid dienone is 1. The number of nitro groups is 1. The Kier molecular flexibility index (Phi) is 8.21. The van der Waals surface area contributed by atoms with Crippen LogP contribution in [-0.4, -0.2) is 22.1 Å². The van der Waals surface area contributed by atoms with Crippen LogP contribution in [0.15, 0.2) is 99.9 Å². The number of rotatable bonds is 9. The second-order valence-corrected chi connectivity index (χ2v) is 10.4. The zero-order valence-electron chi connectivity index (χ0n) is 22.5. The first-order chi connectivity index (χ1) is 19.9. The molecule has 9 nitrogen and oxygen atoms in total. The SMILES string of the molecule is CCCOc1ccc(C2C(C(=O)OCc3ccccc3)=C(C)N=c3s/c(=C\c4cccc([N+](=O)[O-])c4)c(=O)n32)cc1. The second-order valence-electron chi connectivity index (χ2n) is 9.41. The van der Waals surface area contributed by atoms with E-state index in [1.807, 2.05) is 61.5 Å². The van der Waals surface area contributed by atoms with Crippen molar-refractivity contribution in [3.63, 3.8) is 0 Å². The summed E-state index contributed by atoms with van der Waals surface area (Å²) in [5.41, 5.74) is 2.31. The number of ether oxygens (including phenoxy) is 2. The minimum Gasteiger partial charge on any atom is -0.494 e. The molecule has 1 atom stereocenters. The molecule has 0 fully saturated rings. The van der Waals surface area contributed by atoms with Crippen LogP contribution < -0.4 is 19.6 Å². The second kappa shape index (κ2) is 12.1. The van der Waals surface area contributed by atoms with E-state index in [2.05, 4.69) is 4.99 Å². The Morgan fingerprint density at radius 3 is 2.56 bits per heavy atom. The highest BCUT2D eigenvalue weighted by Gasteiger charge is 2.33. The van der Waals surface area contributed by atoms with E-state index in [4.69, 9.17) is 9.47 Å². The van der Waals surface area contributed by atoms with Gasteiger partial charge in [0.25, 0.3) is 11.2 Å². The van der Waals surface area contributed by atoms with Crippen molar-refractivity contribution in [1.82, 2.24) is 4.57 Å². The number of benzene rings is 3. The number of esters is 1. The molecule has 3 aromatic carbocycles. The number of aromatic nitrogens is 1. The van der Waals surface area contributed by atoms with Crippen LogP contribution in [-0.2, 0) is 16.1 Å². The Hall–Kier alpha value is -4.83. The fraction of sp³-hybridized carbons (Fsp3) is 0.194. The molecule has 0 spiro atoms. The van der Waals surface area contributed by atoms with Crippen LogP contribution >= 0.6 is 11.3 Å². The molecule has 4 aromatic rings. The molecule has 1 unspecified atom stereocenters. The lowest BCUT2D eigenvalue weighted by atomic mass is 9.96. The van der Waals surface area contributed by atoms with Crippen LogP contribution in [0.25, 0.3) is 6.08 Å². The Morgan fingerprint density at radius 1 is 1.10 bits per heavy atom. The number of carbonyl (C=O) groups excluding carboxylic acids is 1. The van der Waals surface area contributed by atoms with Gasteiger partial charge < -0.3 is 9.47 Å². The summed E-state index contributed by atoms with van der Waals surface area (Å²) in [5, 5.41) is 11.2. The molecule has 1 aliphatic rings. The first-order valence-corrected chi connectivity index (χ1v) is 13.9. The monoisotopic (exact) mass is 569 g/mol. The van der Waals surface area contributed by atoms with Gasteiger partial charge >= 0.3 is 5.97 Å². The third kappa shape index (κ3) is 6.02. The zero-order valence-corrected chi connectivity index (χ0v) is 23.3. The summed E-state index contributed by atoms with van der Waals surface area (Å²) >= 11 is 1.16. The van der Waals surface area contributed by atoms with Crippen LogP contribution in [0.2, 0.25) is 0 Å². The molecule has 0 amide bonds. The van der Waals surface area contributed by atoms with E-state index in [1.54, 1.807) is 25.1 Å². The van der Waals surface area contributed by atoms with Crippen molar-refractivity contribution in [3.05, 3.63) is 137 Å². The minimum atomic E-state index is -0.790. The molecule has 0 bridgehead atoms. The van der Waals surface area contributed by atoms with Crippen LogP contribution in [0.4, 0.5) is 5.69 Å². The number of nitro benzene ring substituents is 1. The summed E-state index contributed by atoms with van der Waals surface area (Å²) in [6.45, 7) is 4.39. The molecule has 5 rings (SSSR count). The van der Waals surface area contributed by atoms with Crippen molar-refractivity contribution >= 4 is 29.1 Å². The maximum Gasteiger partial charge on any atom is 0.338 e. The Morgan fingerprint density at radius 2 is 1.85 bits per heavy atom. The highest BCUT2D eigenvalue weighted by Crippen LogP contribution is 2.32. The number of carbonyl (C=O) groups is 1. The molecular weight excluding hydrogens is 542 g/mol. The van der Waals surface area contributed by atoms with Crippen LogP contribution in [0.1, 0.15) is 43.0 Å². The fourth-order valence-electron chi connectivity index (χ4n) is 4.54. The minimum absolute atomic E-state index is 0.0736. The molecule has 0 saturated carbocycles. The van der Waals surface area contributed by atoms with E-state index in [0.29, 0.717) is 38.5 Å². The third-order valence-corrected chi connectivity index (χ3v) is 7.48.